The average Bonchev–Trinajstić information content (AvgIpc) is 3.73. The van der Waals surface area contributed by atoms with Crippen LogP contribution in [0.2, 0.25) is 0 Å². The van der Waals surface area contributed by atoms with Crippen molar-refractivity contribution in [2.75, 3.05) is 27.8 Å². The number of nitrogens with one attached hydrogen (secondary N) is 1. The number of benzene rings is 1. The molecule has 10 nitrogen and oxygen atoms in total. The molecule has 0 bridgehead atoms. The van der Waals surface area contributed by atoms with Crippen LogP contribution in [0.4, 0.5) is 0 Å². The molecule has 11 heteroatoms. The van der Waals surface area contributed by atoms with Crippen LogP contribution in [0.3, 0.4) is 0 Å². The van der Waals surface area contributed by atoms with Crippen molar-refractivity contribution in [1.82, 2.24) is 20.1 Å². The first-order valence-corrected chi connectivity index (χ1v) is 17.3. The summed E-state index contributed by atoms with van der Waals surface area (Å²) in [5.74, 6) is -0.918. The fourth-order valence-electron chi connectivity index (χ4n) is 6.58. The predicted molar refractivity (Wildman–Crippen MR) is 180 cm³/mol. The van der Waals surface area contributed by atoms with Crippen molar-refractivity contribution in [2.45, 2.75) is 109 Å². The van der Waals surface area contributed by atoms with Crippen LogP contribution >= 0.6 is 11.3 Å². The van der Waals surface area contributed by atoms with E-state index in [1.165, 1.54) is 11.3 Å². The maximum absolute atomic E-state index is 14.0. The van der Waals surface area contributed by atoms with Crippen LogP contribution in [0, 0.1) is 11.8 Å². The molecule has 2 aromatic rings. The SMILES string of the molecule is CC[C@H](C)[C@@H]([C@@H](CC(=O)N1CCC[C@H]1[C@H](OC)[C@@H](C)C(=O)N[C@@H](Cc1ccccc1)c1nccs1)OC)N(C)C(=O)CC(C)(C)O. The molecule has 1 saturated heterocycles. The van der Waals surface area contributed by atoms with Gasteiger partial charge in [-0.15, -0.1) is 11.3 Å². The second kappa shape index (κ2) is 17.3. The molecular formula is C35H54N4O6S. The van der Waals surface area contributed by atoms with E-state index in [-0.39, 0.29) is 54.6 Å². The quantitative estimate of drug-likeness (QED) is 0.254. The third kappa shape index (κ3) is 10.1. The zero-order valence-corrected chi connectivity index (χ0v) is 29.6. The first-order chi connectivity index (χ1) is 21.8. The number of aliphatic hydroxyl groups is 1. The van der Waals surface area contributed by atoms with E-state index in [2.05, 4.69) is 10.3 Å². The first-order valence-electron chi connectivity index (χ1n) is 16.4. The van der Waals surface area contributed by atoms with Crippen LogP contribution < -0.4 is 5.32 Å². The molecular weight excluding hydrogens is 604 g/mol. The number of likely N-dealkylation sites (tertiary alicyclic amines) is 1. The molecule has 256 valence electrons. The Morgan fingerprint density at radius 3 is 2.43 bits per heavy atom. The Morgan fingerprint density at radius 1 is 1.17 bits per heavy atom. The van der Waals surface area contributed by atoms with Crippen molar-refractivity contribution in [3.8, 4) is 0 Å². The molecule has 1 aliphatic rings. The zero-order valence-electron chi connectivity index (χ0n) is 28.8. The fraction of sp³-hybridized carbons (Fsp3) is 0.657. The second-order valence-corrected chi connectivity index (χ2v) is 14.2. The molecule has 1 fully saturated rings. The normalized spacial score (nSPS) is 19.2. The molecule has 3 rings (SSSR count). The number of likely N-dealkylation sites (N-methyl/N-ethyl adjacent to an activating group) is 1. The summed E-state index contributed by atoms with van der Waals surface area (Å²) in [6.07, 6.45) is 3.67. The van der Waals surface area contributed by atoms with Crippen LogP contribution in [0.5, 0.6) is 0 Å². The summed E-state index contributed by atoms with van der Waals surface area (Å²) in [5.41, 5.74) is -0.0470. The maximum atomic E-state index is 14.0. The van der Waals surface area contributed by atoms with Gasteiger partial charge >= 0.3 is 0 Å². The lowest BCUT2D eigenvalue weighted by molar-refractivity contribution is -0.147. The predicted octanol–water partition coefficient (Wildman–Crippen LogP) is 4.62. The molecule has 3 amide bonds. The van der Waals surface area contributed by atoms with Crippen LogP contribution in [-0.2, 0) is 30.3 Å². The molecule has 1 aromatic carbocycles. The van der Waals surface area contributed by atoms with E-state index in [0.29, 0.717) is 13.0 Å². The molecule has 0 spiro atoms. The van der Waals surface area contributed by atoms with Gasteiger partial charge in [0.05, 0.1) is 54.7 Å². The number of thiazole rings is 1. The monoisotopic (exact) mass is 658 g/mol. The topological polar surface area (TPSA) is 121 Å². The van der Waals surface area contributed by atoms with Gasteiger partial charge in [-0.3, -0.25) is 14.4 Å². The molecule has 2 N–H and O–H groups in total. The number of ether oxygens (including phenoxy) is 2. The highest BCUT2D eigenvalue weighted by Gasteiger charge is 2.42. The number of aromatic nitrogens is 1. The van der Waals surface area contributed by atoms with Crippen molar-refractivity contribution in [2.24, 2.45) is 11.8 Å². The van der Waals surface area contributed by atoms with Gasteiger partial charge in [-0.05, 0) is 44.6 Å². The van der Waals surface area contributed by atoms with Crippen molar-refractivity contribution >= 4 is 29.1 Å². The summed E-state index contributed by atoms with van der Waals surface area (Å²) in [4.78, 5) is 48.7. The van der Waals surface area contributed by atoms with Gasteiger partial charge in [0, 0.05) is 39.4 Å². The number of carbonyl (C=O) groups excluding carboxylic acids is 3. The van der Waals surface area contributed by atoms with Crippen molar-refractivity contribution in [3.63, 3.8) is 0 Å². The van der Waals surface area contributed by atoms with Crippen LogP contribution in [0.25, 0.3) is 0 Å². The third-order valence-electron chi connectivity index (χ3n) is 9.24. The van der Waals surface area contributed by atoms with E-state index in [1.54, 1.807) is 46.2 Å². The minimum atomic E-state index is -1.15. The van der Waals surface area contributed by atoms with Crippen LogP contribution in [0.15, 0.2) is 41.9 Å². The summed E-state index contributed by atoms with van der Waals surface area (Å²) >= 11 is 1.51. The van der Waals surface area contributed by atoms with Gasteiger partial charge < -0.3 is 29.7 Å². The molecule has 0 saturated carbocycles. The molecule has 1 aliphatic heterocycles. The molecule has 0 aliphatic carbocycles. The molecule has 1 aromatic heterocycles. The summed E-state index contributed by atoms with van der Waals surface area (Å²) < 4.78 is 11.9. The Kier molecular flexibility index (Phi) is 14.2. The van der Waals surface area contributed by atoms with Gasteiger partial charge in [0.1, 0.15) is 5.01 Å². The van der Waals surface area contributed by atoms with Crippen molar-refractivity contribution < 1.29 is 29.0 Å². The lowest BCUT2D eigenvalue weighted by Gasteiger charge is -2.40. The third-order valence-corrected chi connectivity index (χ3v) is 10.1. The molecule has 0 radical (unpaired) electrons. The van der Waals surface area contributed by atoms with E-state index in [1.807, 2.05) is 61.4 Å². The Hall–Kier alpha value is -2.86. The van der Waals surface area contributed by atoms with E-state index in [9.17, 15) is 19.5 Å². The van der Waals surface area contributed by atoms with Crippen molar-refractivity contribution in [1.29, 1.82) is 0 Å². The number of rotatable bonds is 17. The van der Waals surface area contributed by atoms with Gasteiger partial charge in [0.25, 0.3) is 0 Å². The fourth-order valence-corrected chi connectivity index (χ4v) is 7.27. The smallest absolute Gasteiger partial charge is 0.226 e. The number of carbonyl (C=O) groups is 3. The summed E-state index contributed by atoms with van der Waals surface area (Å²) in [6, 6.07) is 9.09. The largest absolute Gasteiger partial charge is 0.390 e. The minimum absolute atomic E-state index is 0.0285. The lowest BCUT2D eigenvalue weighted by Crippen LogP contribution is -2.53. The highest BCUT2D eigenvalue weighted by Crippen LogP contribution is 2.30. The number of hydrogen-bond donors (Lipinski definition) is 2. The summed E-state index contributed by atoms with van der Waals surface area (Å²) in [6.45, 7) is 9.73. The first kappa shape index (κ1) is 37.6. The van der Waals surface area contributed by atoms with E-state index in [0.717, 1.165) is 29.8 Å². The van der Waals surface area contributed by atoms with Crippen LogP contribution in [-0.4, -0.2) is 95.3 Å². The molecule has 7 atom stereocenters. The number of methoxy groups -OCH3 is 2. The molecule has 2 heterocycles. The Labute approximate surface area is 278 Å². The Morgan fingerprint density at radius 2 is 1.87 bits per heavy atom. The highest BCUT2D eigenvalue weighted by molar-refractivity contribution is 7.09. The van der Waals surface area contributed by atoms with Gasteiger partial charge in [0.15, 0.2) is 0 Å². The second-order valence-electron chi connectivity index (χ2n) is 13.3. The molecule has 46 heavy (non-hydrogen) atoms. The van der Waals surface area contributed by atoms with Gasteiger partial charge in [-0.2, -0.15) is 0 Å². The summed E-state index contributed by atoms with van der Waals surface area (Å²) in [7, 11) is 4.89. The highest BCUT2D eigenvalue weighted by atomic mass is 32.1. The average molecular weight is 659 g/mol. The van der Waals surface area contributed by atoms with E-state index in [4.69, 9.17) is 9.47 Å². The maximum Gasteiger partial charge on any atom is 0.226 e. The van der Waals surface area contributed by atoms with Gasteiger partial charge in [0.2, 0.25) is 17.7 Å². The lowest BCUT2D eigenvalue weighted by atomic mass is 9.89. The molecule has 0 unspecified atom stereocenters. The number of hydrogen-bond acceptors (Lipinski definition) is 8. The standard InChI is InChI=1S/C35H54N4O6S/c1-9-23(2)31(38(6)30(41)22-35(4,5)43)28(44-7)21-29(40)39-18-13-16-27(39)32(45-8)24(3)33(42)37-26(34-36-17-19-46-34)20-25-14-11-10-12-15-25/h10-12,14-15,17,19,23-24,26-28,31-32,43H,9,13,16,18,20-22H2,1-8H3,(H,37,42)/t23-,24+,26-,27-,28+,31-,32+/m0/s1. The Bertz CT molecular complexity index is 1240. The van der Waals surface area contributed by atoms with E-state index < -0.39 is 23.7 Å². The zero-order chi connectivity index (χ0) is 34.0. The number of amides is 3. The number of nitrogens with zero attached hydrogens (tertiary/aromatic N) is 3. The van der Waals surface area contributed by atoms with Gasteiger partial charge in [-0.25, -0.2) is 4.98 Å². The Balaban J connectivity index is 1.75. The van der Waals surface area contributed by atoms with Crippen molar-refractivity contribution in [3.05, 3.63) is 52.5 Å². The van der Waals surface area contributed by atoms with Gasteiger partial charge in [-0.1, -0.05) is 57.5 Å². The summed E-state index contributed by atoms with van der Waals surface area (Å²) in [5, 5.41) is 16.2. The van der Waals surface area contributed by atoms with E-state index >= 15 is 0 Å². The van der Waals surface area contributed by atoms with Crippen LogP contribution in [0.1, 0.15) is 83.3 Å². The minimum Gasteiger partial charge on any atom is -0.390 e.